The van der Waals surface area contributed by atoms with Crippen molar-refractivity contribution in [1.82, 2.24) is 14.8 Å². The third kappa shape index (κ3) is 3.44. The third-order valence-corrected chi connectivity index (χ3v) is 4.73. The Morgan fingerprint density at radius 1 is 1.35 bits per heavy atom. The summed E-state index contributed by atoms with van der Waals surface area (Å²) in [6.07, 6.45) is 2.88. The van der Waals surface area contributed by atoms with Gasteiger partial charge in [-0.15, -0.1) is 16.8 Å². The Balaban J connectivity index is 2.22. The molecule has 0 bridgehead atoms. The highest BCUT2D eigenvalue weighted by Crippen LogP contribution is 2.37. The summed E-state index contributed by atoms with van der Waals surface area (Å²) in [5.41, 5.74) is 1.26. The summed E-state index contributed by atoms with van der Waals surface area (Å²) < 4.78 is 2.08. The molecule has 0 aliphatic heterocycles. The molecule has 1 aromatic carbocycles. The SMILES string of the molecule is C=CCn1c(C)nnc1SC(CC)c1ccc(Cl)cc1. The minimum absolute atomic E-state index is 0.347. The molecule has 0 amide bonds. The zero-order valence-corrected chi connectivity index (χ0v) is 13.3. The largest absolute Gasteiger partial charge is 0.302 e. The Bertz CT molecular complexity index is 577. The lowest BCUT2D eigenvalue weighted by atomic mass is 10.1. The first-order valence-electron chi connectivity index (χ1n) is 6.58. The van der Waals surface area contributed by atoms with Gasteiger partial charge in [-0.05, 0) is 31.0 Å². The van der Waals surface area contributed by atoms with E-state index in [1.54, 1.807) is 11.8 Å². The van der Waals surface area contributed by atoms with Crippen LogP contribution in [0, 0.1) is 6.92 Å². The fourth-order valence-corrected chi connectivity index (χ4v) is 3.24. The van der Waals surface area contributed by atoms with E-state index in [-0.39, 0.29) is 0 Å². The van der Waals surface area contributed by atoms with Gasteiger partial charge in [-0.25, -0.2) is 0 Å². The molecule has 2 rings (SSSR count). The number of halogens is 1. The molecule has 0 fully saturated rings. The second-order valence-electron chi connectivity index (χ2n) is 4.50. The number of rotatable bonds is 6. The van der Waals surface area contributed by atoms with Gasteiger partial charge in [-0.1, -0.05) is 48.5 Å². The molecule has 0 N–H and O–H groups in total. The molecule has 2 aromatic rings. The van der Waals surface area contributed by atoms with Crippen LogP contribution in [0.15, 0.2) is 42.1 Å². The van der Waals surface area contributed by atoms with E-state index in [1.165, 1.54) is 5.56 Å². The third-order valence-electron chi connectivity index (χ3n) is 3.07. The number of hydrogen-bond donors (Lipinski definition) is 0. The maximum Gasteiger partial charge on any atom is 0.192 e. The van der Waals surface area contributed by atoms with Gasteiger partial charge in [0.15, 0.2) is 5.16 Å². The first-order chi connectivity index (χ1) is 9.65. The predicted octanol–water partition coefficient (Wildman–Crippen LogP) is 4.67. The van der Waals surface area contributed by atoms with E-state index in [2.05, 4.69) is 40.4 Å². The highest BCUT2D eigenvalue weighted by atomic mass is 35.5. The number of aromatic nitrogens is 3. The van der Waals surface area contributed by atoms with Crippen LogP contribution < -0.4 is 0 Å². The topological polar surface area (TPSA) is 30.7 Å². The van der Waals surface area contributed by atoms with Crippen LogP contribution in [-0.4, -0.2) is 14.8 Å². The van der Waals surface area contributed by atoms with Gasteiger partial charge in [-0.3, -0.25) is 0 Å². The van der Waals surface area contributed by atoms with Crippen LogP contribution in [-0.2, 0) is 6.54 Å². The van der Waals surface area contributed by atoms with Crippen LogP contribution >= 0.6 is 23.4 Å². The van der Waals surface area contributed by atoms with E-state index < -0.39 is 0 Å². The van der Waals surface area contributed by atoms with Crippen molar-refractivity contribution in [3.05, 3.63) is 53.3 Å². The Morgan fingerprint density at radius 3 is 2.65 bits per heavy atom. The minimum Gasteiger partial charge on any atom is -0.302 e. The van der Waals surface area contributed by atoms with Crippen molar-refractivity contribution in [3.8, 4) is 0 Å². The predicted molar refractivity (Wildman–Crippen MR) is 85.3 cm³/mol. The van der Waals surface area contributed by atoms with E-state index in [0.717, 1.165) is 29.0 Å². The van der Waals surface area contributed by atoms with Crippen LogP contribution in [0.1, 0.15) is 30.0 Å². The minimum atomic E-state index is 0.347. The maximum atomic E-state index is 5.95. The fourth-order valence-electron chi connectivity index (χ4n) is 1.98. The summed E-state index contributed by atoms with van der Waals surface area (Å²) in [4.78, 5) is 0. The highest BCUT2D eigenvalue weighted by Gasteiger charge is 2.16. The molecular formula is C15H18ClN3S. The normalized spacial score (nSPS) is 12.3. The molecule has 0 saturated carbocycles. The van der Waals surface area contributed by atoms with E-state index in [4.69, 9.17) is 11.6 Å². The number of thioether (sulfide) groups is 1. The first kappa shape index (κ1) is 15.1. The summed E-state index contributed by atoms with van der Waals surface area (Å²) >= 11 is 7.68. The maximum absolute atomic E-state index is 5.95. The lowest BCUT2D eigenvalue weighted by Gasteiger charge is -2.15. The average molecular weight is 308 g/mol. The summed E-state index contributed by atoms with van der Waals surface area (Å²) in [6.45, 7) is 8.66. The first-order valence-corrected chi connectivity index (χ1v) is 7.84. The number of hydrogen-bond acceptors (Lipinski definition) is 3. The molecule has 106 valence electrons. The van der Waals surface area contributed by atoms with Crippen LogP contribution in [0.25, 0.3) is 0 Å². The van der Waals surface area contributed by atoms with Crippen molar-refractivity contribution in [2.45, 2.75) is 37.2 Å². The summed E-state index contributed by atoms with van der Waals surface area (Å²) in [5.74, 6) is 0.915. The zero-order chi connectivity index (χ0) is 14.5. The molecule has 0 saturated heterocycles. The van der Waals surface area contributed by atoms with Crippen LogP contribution in [0.3, 0.4) is 0 Å². The lowest BCUT2D eigenvalue weighted by molar-refractivity contribution is 0.699. The molecular weight excluding hydrogens is 290 g/mol. The van der Waals surface area contributed by atoms with Crippen molar-refractivity contribution < 1.29 is 0 Å². The molecule has 0 aliphatic carbocycles. The summed E-state index contributed by atoms with van der Waals surface area (Å²) in [7, 11) is 0. The van der Waals surface area contributed by atoms with Gasteiger partial charge in [-0.2, -0.15) is 0 Å². The van der Waals surface area contributed by atoms with Crippen LogP contribution in [0.4, 0.5) is 0 Å². The summed E-state index contributed by atoms with van der Waals surface area (Å²) in [6, 6.07) is 8.01. The molecule has 5 heteroatoms. The standard InChI is InChI=1S/C15H18ClN3S/c1-4-10-19-11(3)17-18-15(19)20-14(5-2)12-6-8-13(16)9-7-12/h4,6-9,14H,1,5,10H2,2-3H3. The highest BCUT2D eigenvalue weighted by molar-refractivity contribution is 7.99. The van der Waals surface area contributed by atoms with Crippen molar-refractivity contribution in [1.29, 1.82) is 0 Å². The molecule has 3 nitrogen and oxygen atoms in total. The molecule has 1 heterocycles. The molecule has 20 heavy (non-hydrogen) atoms. The Hall–Kier alpha value is -1.26. The fraction of sp³-hybridized carbons (Fsp3) is 0.333. The smallest absolute Gasteiger partial charge is 0.192 e. The molecule has 1 aromatic heterocycles. The van der Waals surface area contributed by atoms with Gasteiger partial charge in [0.25, 0.3) is 0 Å². The van der Waals surface area contributed by atoms with Crippen molar-refractivity contribution in [2.24, 2.45) is 0 Å². The van der Waals surface area contributed by atoms with Gasteiger partial charge in [0.2, 0.25) is 0 Å². The molecule has 1 atom stereocenters. The van der Waals surface area contributed by atoms with Gasteiger partial charge in [0, 0.05) is 16.8 Å². The number of benzene rings is 1. The molecule has 0 aliphatic rings. The Labute approximate surface area is 129 Å². The van der Waals surface area contributed by atoms with Gasteiger partial charge < -0.3 is 4.57 Å². The molecule has 1 unspecified atom stereocenters. The van der Waals surface area contributed by atoms with Gasteiger partial charge in [0.1, 0.15) is 5.82 Å². The molecule has 0 radical (unpaired) electrons. The average Bonchev–Trinajstić information content (AvgIpc) is 2.79. The van der Waals surface area contributed by atoms with E-state index in [1.807, 2.05) is 25.1 Å². The summed E-state index contributed by atoms with van der Waals surface area (Å²) in [5, 5.41) is 10.5. The van der Waals surface area contributed by atoms with E-state index in [9.17, 15) is 0 Å². The molecule has 0 spiro atoms. The van der Waals surface area contributed by atoms with Crippen LogP contribution in [0.5, 0.6) is 0 Å². The van der Waals surface area contributed by atoms with Gasteiger partial charge >= 0.3 is 0 Å². The number of nitrogens with zero attached hydrogens (tertiary/aromatic N) is 3. The Morgan fingerprint density at radius 2 is 2.05 bits per heavy atom. The van der Waals surface area contributed by atoms with Crippen LogP contribution in [0.2, 0.25) is 5.02 Å². The number of aryl methyl sites for hydroxylation is 1. The second-order valence-corrected chi connectivity index (χ2v) is 6.10. The number of allylic oxidation sites excluding steroid dienone is 1. The van der Waals surface area contributed by atoms with Crippen molar-refractivity contribution in [3.63, 3.8) is 0 Å². The van der Waals surface area contributed by atoms with E-state index >= 15 is 0 Å². The second kappa shape index (κ2) is 6.95. The zero-order valence-electron chi connectivity index (χ0n) is 11.7. The van der Waals surface area contributed by atoms with Gasteiger partial charge in [0.05, 0.1) is 0 Å². The van der Waals surface area contributed by atoms with Crippen molar-refractivity contribution >= 4 is 23.4 Å². The Kier molecular flexibility index (Phi) is 5.26. The lowest BCUT2D eigenvalue weighted by Crippen LogP contribution is -2.02. The van der Waals surface area contributed by atoms with E-state index in [0.29, 0.717) is 5.25 Å². The monoisotopic (exact) mass is 307 g/mol. The van der Waals surface area contributed by atoms with Crippen molar-refractivity contribution in [2.75, 3.05) is 0 Å². The quantitative estimate of drug-likeness (QED) is 0.574.